The Balaban J connectivity index is 1.61. The third kappa shape index (κ3) is 5.05. The second-order valence-electron chi connectivity index (χ2n) is 6.36. The molecule has 0 atom stereocenters. The van der Waals surface area contributed by atoms with Crippen molar-refractivity contribution in [1.29, 1.82) is 0 Å². The Morgan fingerprint density at radius 3 is 1.96 bits per heavy atom. The van der Waals surface area contributed by atoms with Crippen molar-refractivity contribution in [2.75, 3.05) is 0 Å². The Hall–Kier alpha value is -3.40. The van der Waals surface area contributed by atoms with Crippen molar-refractivity contribution in [3.63, 3.8) is 0 Å². The summed E-state index contributed by atoms with van der Waals surface area (Å²) in [6.45, 7) is 2.92. The summed E-state index contributed by atoms with van der Waals surface area (Å²) in [6.07, 6.45) is 0. The van der Waals surface area contributed by atoms with Crippen LogP contribution in [0.3, 0.4) is 0 Å². The molecule has 0 aliphatic carbocycles. The molecule has 2 amide bonds. The van der Waals surface area contributed by atoms with Gasteiger partial charge in [-0.15, -0.1) is 0 Å². The number of benzene rings is 3. The summed E-state index contributed by atoms with van der Waals surface area (Å²) >= 11 is 0. The van der Waals surface area contributed by atoms with Crippen molar-refractivity contribution < 1.29 is 9.59 Å². The van der Waals surface area contributed by atoms with E-state index in [2.05, 4.69) is 10.6 Å². The molecule has 0 aliphatic heterocycles. The molecule has 3 aromatic carbocycles. The standard InChI is InChI=1S/C23H22N2O2/c1-17-8-5-6-11-21(17)16-25-23(27)20-13-7-12-19(14-20)22(26)24-15-18-9-3-2-4-10-18/h2-14H,15-16H2,1H3,(H,24,26)(H,25,27). The van der Waals surface area contributed by atoms with Gasteiger partial charge in [0.05, 0.1) is 0 Å². The topological polar surface area (TPSA) is 58.2 Å². The molecule has 136 valence electrons. The predicted octanol–water partition coefficient (Wildman–Crippen LogP) is 3.86. The summed E-state index contributed by atoms with van der Waals surface area (Å²) in [5.41, 5.74) is 4.16. The van der Waals surface area contributed by atoms with E-state index in [0.717, 1.165) is 16.7 Å². The summed E-state index contributed by atoms with van der Waals surface area (Å²) < 4.78 is 0. The monoisotopic (exact) mass is 358 g/mol. The lowest BCUT2D eigenvalue weighted by molar-refractivity contribution is 0.0950. The molecule has 0 bridgehead atoms. The lowest BCUT2D eigenvalue weighted by Crippen LogP contribution is -2.25. The highest BCUT2D eigenvalue weighted by molar-refractivity contribution is 5.99. The number of hydrogen-bond acceptors (Lipinski definition) is 2. The van der Waals surface area contributed by atoms with E-state index in [0.29, 0.717) is 24.2 Å². The van der Waals surface area contributed by atoms with Crippen LogP contribution in [-0.2, 0) is 13.1 Å². The Bertz CT molecular complexity index is 936. The Morgan fingerprint density at radius 1 is 0.704 bits per heavy atom. The Labute approximate surface area is 159 Å². The zero-order valence-corrected chi connectivity index (χ0v) is 15.2. The summed E-state index contributed by atoms with van der Waals surface area (Å²) in [7, 11) is 0. The maximum Gasteiger partial charge on any atom is 0.251 e. The molecule has 4 nitrogen and oxygen atoms in total. The average Bonchev–Trinajstić information content (AvgIpc) is 2.72. The second kappa shape index (κ2) is 8.81. The van der Waals surface area contributed by atoms with Crippen LogP contribution in [0.25, 0.3) is 0 Å². The van der Waals surface area contributed by atoms with Crippen LogP contribution >= 0.6 is 0 Å². The van der Waals surface area contributed by atoms with Gasteiger partial charge >= 0.3 is 0 Å². The number of aryl methyl sites for hydroxylation is 1. The van der Waals surface area contributed by atoms with Gasteiger partial charge in [-0.1, -0.05) is 60.7 Å². The van der Waals surface area contributed by atoms with E-state index >= 15 is 0 Å². The highest BCUT2D eigenvalue weighted by Gasteiger charge is 2.10. The fraction of sp³-hybridized carbons (Fsp3) is 0.130. The molecule has 0 fully saturated rings. The fourth-order valence-corrected chi connectivity index (χ4v) is 2.77. The van der Waals surface area contributed by atoms with Gasteiger partial charge < -0.3 is 10.6 Å². The quantitative estimate of drug-likeness (QED) is 0.703. The van der Waals surface area contributed by atoms with Crippen molar-refractivity contribution in [2.24, 2.45) is 0 Å². The van der Waals surface area contributed by atoms with E-state index in [1.807, 2.05) is 61.5 Å². The highest BCUT2D eigenvalue weighted by atomic mass is 16.2. The van der Waals surface area contributed by atoms with E-state index in [9.17, 15) is 9.59 Å². The minimum Gasteiger partial charge on any atom is -0.348 e. The highest BCUT2D eigenvalue weighted by Crippen LogP contribution is 2.09. The van der Waals surface area contributed by atoms with Gasteiger partial charge in [0, 0.05) is 24.2 Å². The van der Waals surface area contributed by atoms with E-state index in [-0.39, 0.29) is 11.8 Å². The van der Waals surface area contributed by atoms with Gasteiger partial charge in [-0.05, 0) is 41.8 Å². The largest absolute Gasteiger partial charge is 0.348 e. The Morgan fingerprint density at radius 2 is 1.30 bits per heavy atom. The molecule has 4 heteroatoms. The van der Waals surface area contributed by atoms with Crippen LogP contribution in [0.5, 0.6) is 0 Å². The van der Waals surface area contributed by atoms with Gasteiger partial charge in [0.15, 0.2) is 0 Å². The zero-order chi connectivity index (χ0) is 19.1. The molecule has 0 unspecified atom stereocenters. The molecule has 0 aromatic heterocycles. The third-order valence-corrected chi connectivity index (χ3v) is 4.38. The van der Waals surface area contributed by atoms with Gasteiger partial charge in [-0.25, -0.2) is 0 Å². The van der Waals surface area contributed by atoms with Crippen molar-refractivity contribution in [3.8, 4) is 0 Å². The van der Waals surface area contributed by atoms with Gasteiger partial charge in [-0.3, -0.25) is 9.59 Å². The van der Waals surface area contributed by atoms with E-state index in [4.69, 9.17) is 0 Å². The number of rotatable bonds is 6. The van der Waals surface area contributed by atoms with Crippen LogP contribution in [0, 0.1) is 6.92 Å². The summed E-state index contributed by atoms with van der Waals surface area (Å²) in [4.78, 5) is 24.8. The summed E-state index contributed by atoms with van der Waals surface area (Å²) in [5.74, 6) is -0.400. The number of amides is 2. The minimum absolute atomic E-state index is 0.198. The van der Waals surface area contributed by atoms with Crippen LogP contribution in [0.2, 0.25) is 0 Å². The summed E-state index contributed by atoms with van der Waals surface area (Å²) in [6, 6.07) is 24.4. The molecule has 0 saturated heterocycles. The van der Waals surface area contributed by atoms with Crippen LogP contribution in [-0.4, -0.2) is 11.8 Å². The SMILES string of the molecule is Cc1ccccc1CNC(=O)c1cccc(C(=O)NCc2ccccc2)c1. The van der Waals surface area contributed by atoms with Gasteiger partial charge in [0.25, 0.3) is 11.8 Å². The molecular formula is C23H22N2O2. The fourth-order valence-electron chi connectivity index (χ4n) is 2.77. The van der Waals surface area contributed by atoms with E-state index in [1.165, 1.54) is 0 Å². The van der Waals surface area contributed by atoms with Gasteiger partial charge in [-0.2, -0.15) is 0 Å². The molecule has 27 heavy (non-hydrogen) atoms. The smallest absolute Gasteiger partial charge is 0.251 e. The predicted molar refractivity (Wildman–Crippen MR) is 106 cm³/mol. The summed E-state index contributed by atoms with van der Waals surface area (Å²) in [5, 5.41) is 5.79. The first kappa shape index (κ1) is 18.4. The maximum atomic E-state index is 12.4. The van der Waals surface area contributed by atoms with E-state index < -0.39 is 0 Å². The molecule has 0 spiro atoms. The van der Waals surface area contributed by atoms with Crippen LogP contribution in [0.1, 0.15) is 37.4 Å². The molecule has 2 N–H and O–H groups in total. The number of hydrogen-bond donors (Lipinski definition) is 2. The van der Waals surface area contributed by atoms with Crippen molar-refractivity contribution in [2.45, 2.75) is 20.0 Å². The average molecular weight is 358 g/mol. The molecule has 0 radical (unpaired) electrons. The molecule has 3 aromatic rings. The molecular weight excluding hydrogens is 336 g/mol. The zero-order valence-electron chi connectivity index (χ0n) is 15.2. The lowest BCUT2D eigenvalue weighted by atomic mass is 10.1. The van der Waals surface area contributed by atoms with Gasteiger partial charge in [0.1, 0.15) is 0 Å². The first-order valence-electron chi connectivity index (χ1n) is 8.88. The lowest BCUT2D eigenvalue weighted by Gasteiger charge is -2.09. The molecule has 0 aliphatic rings. The number of carbonyl (C=O) groups is 2. The molecule has 3 rings (SSSR count). The number of nitrogens with one attached hydrogen (secondary N) is 2. The normalized spacial score (nSPS) is 10.3. The van der Waals surface area contributed by atoms with E-state index in [1.54, 1.807) is 24.3 Å². The second-order valence-corrected chi connectivity index (χ2v) is 6.36. The van der Waals surface area contributed by atoms with Crippen molar-refractivity contribution >= 4 is 11.8 Å². The number of carbonyl (C=O) groups excluding carboxylic acids is 2. The van der Waals surface area contributed by atoms with Crippen LogP contribution in [0.4, 0.5) is 0 Å². The van der Waals surface area contributed by atoms with Crippen molar-refractivity contribution in [1.82, 2.24) is 10.6 Å². The molecule has 0 heterocycles. The van der Waals surface area contributed by atoms with Crippen LogP contribution < -0.4 is 10.6 Å². The minimum atomic E-state index is -0.201. The van der Waals surface area contributed by atoms with Crippen molar-refractivity contribution in [3.05, 3.63) is 107 Å². The first-order valence-corrected chi connectivity index (χ1v) is 8.88. The first-order chi connectivity index (χ1) is 13.1. The van der Waals surface area contributed by atoms with Crippen LogP contribution in [0.15, 0.2) is 78.9 Å². The molecule has 0 saturated carbocycles. The third-order valence-electron chi connectivity index (χ3n) is 4.38. The van der Waals surface area contributed by atoms with Gasteiger partial charge in [0.2, 0.25) is 0 Å². The Kier molecular flexibility index (Phi) is 6.00. The maximum absolute atomic E-state index is 12.4.